The molecule has 0 bridgehead atoms. The van der Waals surface area contributed by atoms with Crippen molar-refractivity contribution < 1.29 is 4.79 Å². The maximum atomic E-state index is 11.4. The highest BCUT2D eigenvalue weighted by molar-refractivity contribution is 5.91. The first-order chi connectivity index (χ1) is 7.08. The monoisotopic (exact) mass is 207 g/mol. The second-order valence-corrected chi connectivity index (χ2v) is 3.75. The van der Waals surface area contributed by atoms with Gasteiger partial charge in [0, 0.05) is 11.7 Å². The third-order valence-corrected chi connectivity index (χ3v) is 1.83. The zero-order chi connectivity index (χ0) is 11.3. The van der Waals surface area contributed by atoms with Gasteiger partial charge in [-0.3, -0.25) is 4.79 Å². The lowest BCUT2D eigenvalue weighted by atomic mass is 10.3. The number of nitrogens with one attached hydrogen (secondary N) is 2. The van der Waals surface area contributed by atoms with E-state index in [2.05, 4.69) is 15.6 Å². The number of carbonyl (C=O) groups excluding carboxylic acids is 1. The van der Waals surface area contributed by atoms with Gasteiger partial charge in [0.2, 0.25) is 5.91 Å². The van der Waals surface area contributed by atoms with E-state index in [4.69, 9.17) is 0 Å². The molecule has 0 atom stereocenters. The summed E-state index contributed by atoms with van der Waals surface area (Å²) in [4.78, 5) is 15.6. The Labute approximate surface area is 90.1 Å². The molecule has 2 N–H and O–H groups in total. The van der Waals surface area contributed by atoms with Crippen LogP contribution in [0.4, 0.5) is 5.82 Å². The smallest absolute Gasteiger partial charge is 0.239 e. The van der Waals surface area contributed by atoms with E-state index in [-0.39, 0.29) is 5.91 Å². The maximum Gasteiger partial charge on any atom is 0.239 e. The van der Waals surface area contributed by atoms with E-state index in [1.54, 1.807) is 6.07 Å². The first-order valence-electron chi connectivity index (χ1n) is 5.05. The van der Waals surface area contributed by atoms with Gasteiger partial charge in [0.1, 0.15) is 5.82 Å². The molecule has 1 rings (SSSR count). The van der Waals surface area contributed by atoms with E-state index in [1.165, 1.54) is 0 Å². The zero-order valence-electron chi connectivity index (χ0n) is 9.37. The molecule has 0 aliphatic carbocycles. The number of nitrogens with zero attached hydrogens (tertiary/aromatic N) is 1. The average Bonchev–Trinajstić information content (AvgIpc) is 2.15. The summed E-state index contributed by atoms with van der Waals surface area (Å²) in [5, 5.41) is 5.77. The zero-order valence-corrected chi connectivity index (χ0v) is 9.37. The lowest BCUT2D eigenvalue weighted by molar-refractivity contribution is -0.115. The van der Waals surface area contributed by atoms with Gasteiger partial charge in [-0.25, -0.2) is 4.98 Å². The van der Waals surface area contributed by atoms with Gasteiger partial charge in [-0.05, 0) is 19.1 Å². The topological polar surface area (TPSA) is 54.0 Å². The Bertz CT molecular complexity index is 336. The van der Waals surface area contributed by atoms with Crippen molar-refractivity contribution >= 4 is 11.7 Å². The predicted molar refractivity (Wildman–Crippen MR) is 60.7 cm³/mol. The standard InChI is InChI=1S/C11H17N3O/c1-8(2)12-7-11(15)14-10-6-4-5-9(3)13-10/h4-6,8,12H,7H2,1-3H3,(H,13,14,15). The Hall–Kier alpha value is -1.42. The Kier molecular flexibility index (Phi) is 4.24. The summed E-state index contributed by atoms with van der Waals surface area (Å²) in [5.41, 5.74) is 0.893. The number of pyridine rings is 1. The number of amides is 1. The minimum absolute atomic E-state index is 0.0678. The van der Waals surface area contributed by atoms with Crippen molar-refractivity contribution in [2.75, 3.05) is 11.9 Å². The Morgan fingerprint density at radius 2 is 2.20 bits per heavy atom. The van der Waals surface area contributed by atoms with E-state index < -0.39 is 0 Å². The average molecular weight is 207 g/mol. The molecule has 4 heteroatoms. The van der Waals surface area contributed by atoms with Crippen molar-refractivity contribution in [1.82, 2.24) is 10.3 Å². The Balaban J connectivity index is 2.44. The van der Waals surface area contributed by atoms with Crippen LogP contribution in [0, 0.1) is 6.92 Å². The van der Waals surface area contributed by atoms with Crippen LogP contribution >= 0.6 is 0 Å². The minimum atomic E-state index is -0.0678. The molecule has 1 aromatic heterocycles. The molecule has 0 aliphatic heterocycles. The van der Waals surface area contributed by atoms with Crippen molar-refractivity contribution in [3.05, 3.63) is 23.9 Å². The highest BCUT2D eigenvalue weighted by atomic mass is 16.1. The van der Waals surface area contributed by atoms with Gasteiger partial charge in [0.25, 0.3) is 0 Å². The number of carbonyl (C=O) groups is 1. The van der Waals surface area contributed by atoms with Crippen molar-refractivity contribution in [3.8, 4) is 0 Å². The predicted octanol–water partition coefficient (Wildman–Crippen LogP) is 1.33. The SMILES string of the molecule is Cc1cccc(NC(=O)CNC(C)C)n1. The fourth-order valence-electron chi connectivity index (χ4n) is 1.10. The van der Waals surface area contributed by atoms with Crippen molar-refractivity contribution in [1.29, 1.82) is 0 Å². The largest absolute Gasteiger partial charge is 0.310 e. The molecule has 1 aromatic rings. The van der Waals surface area contributed by atoms with Crippen molar-refractivity contribution in [2.45, 2.75) is 26.8 Å². The fraction of sp³-hybridized carbons (Fsp3) is 0.455. The van der Waals surface area contributed by atoms with Crippen molar-refractivity contribution in [3.63, 3.8) is 0 Å². The second kappa shape index (κ2) is 5.46. The normalized spacial score (nSPS) is 10.4. The third-order valence-electron chi connectivity index (χ3n) is 1.83. The summed E-state index contributed by atoms with van der Waals surface area (Å²) in [7, 11) is 0. The number of hydrogen-bond acceptors (Lipinski definition) is 3. The van der Waals surface area contributed by atoms with Crippen LogP contribution in [-0.2, 0) is 4.79 Å². The molecule has 82 valence electrons. The molecule has 1 heterocycles. The van der Waals surface area contributed by atoms with Gasteiger partial charge in [0.15, 0.2) is 0 Å². The summed E-state index contributed by atoms with van der Waals surface area (Å²) in [6.07, 6.45) is 0. The molecule has 1 amide bonds. The highest BCUT2D eigenvalue weighted by Gasteiger charge is 2.03. The molecule has 0 aromatic carbocycles. The van der Waals surface area contributed by atoms with Gasteiger partial charge in [-0.1, -0.05) is 19.9 Å². The van der Waals surface area contributed by atoms with Crippen LogP contribution in [0.2, 0.25) is 0 Å². The Morgan fingerprint density at radius 3 is 2.80 bits per heavy atom. The van der Waals surface area contributed by atoms with Crippen LogP contribution in [0.3, 0.4) is 0 Å². The molecular weight excluding hydrogens is 190 g/mol. The fourth-order valence-corrected chi connectivity index (χ4v) is 1.10. The molecule has 0 aliphatic rings. The molecule has 15 heavy (non-hydrogen) atoms. The highest BCUT2D eigenvalue weighted by Crippen LogP contribution is 2.02. The van der Waals surface area contributed by atoms with Crippen LogP contribution < -0.4 is 10.6 Å². The first kappa shape index (κ1) is 11.7. The second-order valence-electron chi connectivity index (χ2n) is 3.75. The van der Waals surface area contributed by atoms with E-state index in [9.17, 15) is 4.79 Å². The van der Waals surface area contributed by atoms with Crippen LogP contribution in [0.1, 0.15) is 19.5 Å². The van der Waals surface area contributed by atoms with Crippen molar-refractivity contribution in [2.24, 2.45) is 0 Å². The van der Waals surface area contributed by atoms with Gasteiger partial charge in [-0.15, -0.1) is 0 Å². The summed E-state index contributed by atoms with van der Waals surface area (Å²) >= 11 is 0. The minimum Gasteiger partial charge on any atom is -0.310 e. The van der Waals surface area contributed by atoms with Crippen LogP contribution in [0.5, 0.6) is 0 Å². The maximum absolute atomic E-state index is 11.4. The lowest BCUT2D eigenvalue weighted by Crippen LogP contribution is -2.32. The van der Waals surface area contributed by atoms with Gasteiger partial charge in [-0.2, -0.15) is 0 Å². The van der Waals surface area contributed by atoms with Crippen LogP contribution in [0.25, 0.3) is 0 Å². The quantitative estimate of drug-likeness (QED) is 0.783. The summed E-state index contributed by atoms with van der Waals surface area (Å²) in [6.45, 7) is 6.20. The van der Waals surface area contributed by atoms with E-state index >= 15 is 0 Å². The number of rotatable bonds is 4. The third kappa shape index (κ3) is 4.56. The van der Waals surface area contributed by atoms with E-state index in [0.717, 1.165) is 5.69 Å². The Morgan fingerprint density at radius 1 is 1.47 bits per heavy atom. The molecule has 0 saturated heterocycles. The first-order valence-corrected chi connectivity index (χ1v) is 5.05. The van der Waals surface area contributed by atoms with Gasteiger partial charge < -0.3 is 10.6 Å². The summed E-state index contributed by atoms with van der Waals surface area (Å²) in [5.74, 6) is 0.535. The molecular formula is C11H17N3O. The molecule has 4 nitrogen and oxygen atoms in total. The van der Waals surface area contributed by atoms with Crippen LogP contribution in [0.15, 0.2) is 18.2 Å². The van der Waals surface area contributed by atoms with Gasteiger partial charge >= 0.3 is 0 Å². The van der Waals surface area contributed by atoms with E-state index in [1.807, 2.05) is 32.9 Å². The molecule has 0 radical (unpaired) electrons. The number of aromatic nitrogens is 1. The number of aryl methyl sites for hydroxylation is 1. The summed E-state index contributed by atoms with van der Waals surface area (Å²) < 4.78 is 0. The molecule has 0 unspecified atom stereocenters. The number of hydrogen-bond donors (Lipinski definition) is 2. The van der Waals surface area contributed by atoms with Gasteiger partial charge in [0.05, 0.1) is 6.54 Å². The molecule has 0 saturated carbocycles. The number of anilines is 1. The summed E-state index contributed by atoms with van der Waals surface area (Å²) in [6, 6.07) is 5.84. The van der Waals surface area contributed by atoms with E-state index in [0.29, 0.717) is 18.4 Å². The lowest BCUT2D eigenvalue weighted by Gasteiger charge is -2.08. The van der Waals surface area contributed by atoms with Crippen LogP contribution in [-0.4, -0.2) is 23.5 Å². The molecule has 0 fully saturated rings. The molecule has 0 spiro atoms.